The molecule has 2 rings (SSSR count). The predicted octanol–water partition coefficient (Wildman–Crippen LogP) is -0.140. The van der Waals surface area contributed by atoms with Gasteiger partial charge in [0.15, 0.2) is 0 Å². The third kappa shape index (κ3) is 3.91. The van der Waals surface area contributed by atoms with Crippen molar-refractivity contribution in [1.82, 2.24) is 20.4 Å². The van der Waals surface area contributed by atoms with Gasteiger partial charge in [0, 0.05) is 13.1 Å². The van der Waals surface area contributed by atoms with E-state index in [1.807, 2.05) is 0 Å². The quantitative estimate of drug-likeness (QED) is 0.658. The first kappa shape index (κ1) is 14.3. The summed E-state index contributed by atoms with van der Waals surface area (Å²) in [5.41, 5.74) is 0. The molecule has 0 atom stereocenters. The molecule has 6 nitrogen and oxygen atoms in total. The maximum atomic E-state index is 11.4. The summed E-state index contributed by atoms with van der Waals surface area (Å²) in [7, 11) is 0. The molecule has 0 spiro atoms. The molecule has 0 aromatic carbocycles. The number of likely N-dealkylation sites (tertiary alicyclic amines) is 1. The first-order valence-corrected chi connectivity index (χ1v) is 7.22. The minimum Gasteiger partial charge on any atom is -0.329 e. The van der Waals surface area contributed by atoms with E-state index in [-0.39, 0.29) is 18.5 Å². The van der Waals surface area contributed by atoms with Gasteiger partial charge in [0.05, 0.1) is 6.54 Å². The summed E-state index contributed by atoms with van der Waals surface area (Å²) in [5.74, 6) is 0.667. The van der Waals surface area contributed by atoms with Crippen LogP contribution in [0.25, 0.3) is 0 Å². The number of nitrogens with zero attached hydrogens (tertiary/aromatic N) is 2. The molecule has 0 radical (unpaired) electrons. The molecular weight excluding hydrogens is 244 g/mol. The molecule has 0 aromatic heterocycles. The molecule has 0 saturated carbocycles. The Hall–Kier alpha value is -1.14. The second-order valence-electron chi connectivity index (χ2n) is 5.30. The smallest absolute Gasteiger partial charge is 0.324 e. The van der Waals surface area contributed by atoms with Crippen LogP contribution in [0.2, 0.25) is 0 Å². The number of amides is 3. The lowest BCUT2D eigenvalue weighted by atomic mass is 9.97. The lowest BCUT2D eigenvalue weighted by Gasteiger charge is -2.32. The van der Waals surface area contributed by atoms with E-state index in [0.29, 0.717) is 6.54 Å². The Bertz CT molecular complexity index is 311. The van der Waals surface area contributed by atoms with E-state index in [9.17, 15) is 9.59 Å². The first-order chi connectivity index (χ1) is 9.20. The molecule has 19 heavy (non-hydrogen) atoms. The zero-order valence-corrected chi connectivity index (χ0v) is 11.7. The Morgan fingerprint density at radius 3 is 2.58 bits per heavy atom. The van der Waals surface area contributed by atoms with Gasteiger partial charge in [0.25, 0.3) is 0 Å². The van der Waals surface area contributed by atoms with Crippen molar-refractivity contribution < 1.29 is 9.59 Å². The second-order valence-corrected chi connectivity index (χ2v) is 5.30. The van der Waals surface area contributed by atoms with Crippen molar-refractivity contribution >= 4 is 11.9 Å². The van der Waals surface area contributed by atoms with Crippen molar-refractivity contribution in [3.8, 4) is 0 Å². The Labute approximate surface area is 114 Å². The van der Waals surface area contributed by atoms with Gasteiger partial charge in [-0.1, -0.05) is 6.92 Å². The zero-order valence-electron chi connectivity index (χ0n) is 11.7. The van der Waals surface area contributed by atoms with Crippen LogP contribution in [0.4, 0.5) is 4.79 Å². The fourth-order valence-corrected chi connectivity index (χ4v) is 2.69. The molecule has 2 heterocycles. The van der Waals surface area contributed by atoms with E-state index in [2.05, 4.69) is 22.5 Å². The Kier molecular flexibility index (Phi) is 5.15. The van der Waals surface area contributed by atoms with Crippen LogP contribution in [-0.4, -0.2) is 67.6 Å². The Morgan fingerprint density at radius 1 is 1.26 bits per heavy atom. The van der Waals surface area contributed by atoms with Gasteiger partial charge in [0.2, 0.25) is 5.91 Å². The number of rotatable bonds is 6. The molecule has 0 bridgehead atoms. The number of nitrogens with one attached hydrogen (secondary N) is 2. The number of urea groups is 1. The summed E-state index contributed by atoms with van der Waals surface area (Å²) in [6, 6.07) is -0.243. The van der Waals surface area contributed by atoms with Gasteiger partial charge in [-0.25, -0.2) is 4.79 Å². The summed E-state index contributed by atoms with van der Waals surface area (Å²) < 4.78 is 0. The lowest BCUT2D eigenvalue weighted by Crippen LogP contribution is -2.43. The fourth-order valence-electron chi connectivity index (χ4n) is 2.69. The average molecular weight is 268 g/mol. The SMILES string of the molecule is CCNCC1CCN(CCN2C(=O)CNC2=O)CC1. The predicted molar refractivity (Wildman–Crippen MR) is 72.8 cm³/mol. The molecule has 0 aliphatic carbocycles. The van der Waals surface area contributed by atoms with Crippen molar-refractivity contribution in [2.45, 2.75) is 19.8 Å². The van der Waals surface area contributed by atoms with Crippen LogP contribution in [0.3, 0.4) is 0 Å². The van der Waals surface area contributed by atoms with Crippen LogP contribution in [-0.2, 0) is 4.79 Å². The van der Waals surface area contributed by atoms with Crippen LogP contribution in [0.5, 0.6) is 0 Å². The Morgan fingerprint density at radius 2 is 2.00 bits per heavy atom. The van der Waals surface area contributed by atoms with Crippen LogP contribution in [0.1, 0.15) is 19.8 Å². The highest BCUT2D eigenvalue weighted by Gasteiger charge is 2.28. The molecule has 108 valence electrons. The van der Waals surface area contributed by atoms with Crippen molar-refractivity contribution in [2.75, 3.05) is 45.8 Å². The maximum Gasteiger partial charge on any atom is 0.324 e. The van der Waals surface area contributed by atoms with Gasteiger partial charge in [-0.05, 0) is 44.9 Å². The molecule has 2 aliphatic heterocycles. The lowest BCUT2D eigenvalue weighted by molar-refractivity contribution is -0.125. The van der Waals surface area contributed by atoms with Gasteiger partial charge in [0.1, 0.15) is 0 Å². The number of hydrogen-bond acceptors (Lipinski definition) is 4. The highest BCUT2D eigenvalue weighted by Crippen LogP contribution is 2.16. The van der Waals surface area contributed by atoms with E-state index >= 15 is 0 Å². The van der Waals surface area contributed by atoms with E-state index in [4.69, 9.17) is 0 Å². The third-order valence-electron chi connectivity index (χ3n) is 3.97. The van der Waals surface area contributed by atoms with Crippen molar-refractivity contribution in [1.29, 1.82) is 0 Å². The fraction of sp³-hybridized carbons (Fsp3) is 0.846. The number of carbonyl (C=O) groups is 2. The van der Waals surface area contributed by atoms with E-state index in [1.165, 1.54) is 17.7 Å². The number of hydrogen-bond donors (Lipinski definition) is 2. The summed E-state index contributed by atoms with van der Waals surface area (Å²) in [4.78, 5) is 26.5. The standard InChI is InChI=1S/C13H24N4O2/c1-2-14-9-11-3-5-16(6-4-11)7-8-17-12(18)10-15-13(17)19/h11,14H,2-10H2,1H3,(H,15,19). The molecule has 2 fully saturated rings. The van der Waals surface area contributed by atoms with Gasteiger partial charge in [-0.15, -0.1) is 0 Å². The number of carbonyl (C=O) groups excluding carboxylic acids is 2. The normalized spacial score (nSPS) is 22.1. The monoisotopic (exact) mass is 268 g/mol. The molecule has 6 heteroatoms. The highest BCUT2D eigenvalue weighted by atomic mass is 16.2. The summed E-state index contributed by atoms with van der Waals surface area (Å²) in [6.07, 6.45) is 2.40. The van der Waals surface area contributed by atoms with Gasteiger partial charge in [-0.2, -0.15) is 0 Å². The van der Waals surface area contributed by atoms with E-state index < -0.39 is 0 Å². The van der Waals surface area contributed by atoms with Crippen LogP contribution in [0, 0.1) is 5.92 Å². The third-order valence-corrected chi connectivity index (χ3v) is 3.97. The Balaban J connectivity index is 1.65. The number of imide groups is 1. The molecular formula is C13H24N4O2. The van der Waals surface area contributed by atoms with Gasteiger partial charge in [-0.3, -0.25) is 9.69 Å². The highest BCUT2D eigenvalue weighted by molar-refractivity contribution is 6.01. The molecule has 2 N–H and O–H groups in total. The first-order valence-electron chi connectivity index (χ1n) is 7.22. The molecule has 0 aromatic rings. The molecule has 3 amide bonds. The summed E-state index contributed by atoms with van der Waals surface area (Å²) in [6.45, 7) is 7.88. The largest absolute Gasteiger partial charge is 0.329 e. The topological polar surface area (TPSA) is 64.7 Å². The maximum absolute atomic E-state index is 11.4. The van der Waals surface area contributed by atoms with Crippen molar-refractivity contribution in [3.05, 3.63) is 0 Å². The molecule has 0 unspecified atom stereocenters. The zero-order chi connectivity index (χ0) is 13.7. The van der Waals surface area contributed by atoms with Gasteiger partial charge < -0.3 is 15.5 Å². The molecule has 2 aliphatic rings. The van der Waals surface area contributed by atoms with E-state index in [0.717, 1.165) is 38.6 Å². The molecule has 2 saturated heterocycles. The average Bonchev–Trinajstić information content (AvgIpc) is 2.75. The minimum absolute atomic E-state index is 0.105. The van der Waals surface area contributed by atoms with Crippen molar-refractivity contribution in [2.24, 2.45) is 5.92 Å². The van der Waals surface area contributed by atoms with Crippen LogP contribution >= 0.6 is 0 Å². The van der Waals surface area contributed by atoms with Gasteiger partial charge >= 0.3 is 6.03 Å². The second kappa shape index (κ2) is 6.86. The van der Waals surface area contributed by atoms with Crippen molar-refractivity contribution in [3.63, 3.8) is 0 Å². The minimum atomic E-state index is -0.243. The summed E-state index contributed by atoms with van der Waals surface area (Å²) in [5, 5.41) is 5.94. The van der Waals surface area contributed by atoms with Crippen LogP contribution in [0.15, 0.2) is 0 Å². The summed E-state index contributed by atoms with van der Waals surface area (Å²) >= 11 is 0. The van der Waals surface area contributed by atoms with E-state index in [1.54, 1.807) is 0 Å². The van der Waals surface area contributed by atoms with Crippen LogP contribution < -0.4 is 10.6 Å². The number of piperidine rings is 1.